The number of rotatable bonds is 4. The van der Waals surface area contributed by atoms with Crippen LogP contribution in [0.5, 0.6) is 0 Å². The van der Waals surface area contributed by atoms with Crippen molar-refractivity contribution in [3.05, 3.63) is 22.4 Å². The van der Waals surface area contributed by atoms with Crippen LogP contribution in [-0.2, 0) is 16.0 Å². The number of amides is 1. The Bertz CT molecular complexity index is 417. The third-order valence-corrected chi connectivity index (χ3v) is 3.87. The van der Waals surface area contributed by atoms with E-state index >= 15 is 0 Å². The van der Waals surface area contributed by atoms with E-state index in [0.29, 0.717) is 18.1 Å². The van der Waals surface area contributed by atoms with Gasteiger partial charge in [-0.2, -0.15) is 0 Å². The quantitative estimate of drug-likeness (QED) is 0.571. The van der Waals surface area contributed by atoms with E-state index in [1.54, 1.807) is 11.3 Å². The van der Waals surface area contributed by atoms with Gasteiger partial charge in [0.05, 0.1) is 12.5 Å². The van der Waals surface area contributed by atoms with Gasteiger partial charge in [0, 0.05) is 18.0 Å². The van der Waals surface area contributed by atoms with Crippen LogP contribution in [0.15, 0.2) is 17.5 Å². The van der Waals surface area contributed by atoms with Gasteiger partial charge in [-0.25, -0.2) is 0 Å². The van der Waals surface area contributed by atoms with Crippen molar-refractivity contribution >= 4 is 34.6 Å². The molecule has 3 N–H and O–H groups in total. The highest BCUT2D eigenvalue weighted by atomic mass is 32.1. The molecule has 0 saturated carbocycles. The molecule has 1 fully saturated rings. The molecule has 0 aliphatic carbocycles. The summed E-state index contributed by atoms with van der Waals surface area (Å²) in [4.78, 5) is 12.6. The minimum absolute atomic E-state index is 0.108. The van der Waals surface area contributed by atoms with E-state index in [0.717, 1.165) is 24.3 Å². The molecule has 0 radical (unpaired) electrons. The molecule has 0 aromatic carbocycles. The second-order valence-corrected chi connectivity index (χ2v) is 5.71. The van der Waals surface area contributed by atoms with Gasteiger partial charge in [0.1, 0.15) is 0 Å². The molecule has 1 atom stereocenters. The molecule has 1 aliphatic rings. The lowest BCUT2D eigenvalue weighted by Crippen LogP contribution is -2.48. The number of carbonyl (C=O) groups excluding carboxylic acids is 1. The molecule has 1 aromatic heterocycles. The molecule has 2 heterocycles. The van der Waals surface area contributed by atoms with E-state index in [4.69, 9.17) is 17.0 Å². The van der Waals surface area contributed by atoms with Crippen molar-refractivity contribution in [2.75, 3.05) is 13.2 Å². The first kappa shape index (κ1) is 14.2. The third-order valence-electron chi connectivity index (χ3n) is 2.74. The highest BCUT2D eigenvalue weighted by Gasteiger charge is 2.15. The average molecular weight is 299 g/mol. The van der Waals surface area contributed by atoms with Crippen molar-refractivity contribution in [1.82, 2.24) is 16.2 Å². The fourth-order valence-corrected chi connectivity index (χ4v) is 2.64. The van der Waals surface area contributed by atoms with Crippen molar-refractivity contribution in [3.63, 3.8) is 0 Å². The summed E-state index contributed by atoms with van der Waals surface area (Å²) >= 11 is 6.62. The van der Waals surface area contributed by atoms with Crippen molar-refractivity contribution < 1.29 is 9.53 Å². The molecule has 19 heavy (non-hydrogen) atoms. The molecular formula is C12H17N3O2S2. The predicted octanol–water partition coefficient (Wildman–Crippen LogP) is 0.965. The van der Waals surface area contributed by atoms with Crippen LogP contribution in [0.3, 0.4) is 0 Å². The average Bonchev–Trinajstić information content (AvgIpc) is 3.06. The Morgan fingerprint density at radius 1 is 1.53 bits per heavy atom. The number of thiocarbonyl (C=S) groups is 1. The van der Waals surface area contributed by atoms with E-state index in [9.17, 15) is 4.79 Å². The van der Waals surface area contributed by atoms with Gasteiger partial charge in [0.25, 0.3) is 0 Å². The first-order chi connectivity index (χ1) is 9.24. The monoisotopic (exact) mass is 299 g/mol. The topological polar surface area (TPSA) is 62.4 Å². The van der Waals surface area contributed by atoms with Gasteiger partial charge in [0.15, 0.2) is 5.11 Å². The van der Waals surface area contributed by atoms with Crippen LogP contribution in [0.1, 0.15) is 17.7 Å². The molecule has 0 unspecified atom stereocenters. The van der Waals surface area contributed by atoms with Gasteiger partial charge in [-0.3, -0.25) is 15.6 Å². The number of carbonyl (C=O) groups is 1. The number of ether oxygens (including phenoxy) is 1. The van der Waals surface area contributed by atoms with Gasteiger partial charge in [-0.15, -0.1) is 11.3 Å². The number of hydrogen-bond acceptors (Lipinski definition) is 4. The fraction of sp³-hybridized carbons (Fsp3) is 0.500. The van der Waals surface area contributed by atoms with E-state index in [1.165, 1.54) is 0 Å². The highest BCUT2D eigenvalue weighted by Crippen LogP contribution is 2.10. The Morgan fingerprint density at radius 3 is 3.11 bits per heavy atom. The summed E-state index contributed by atoms with van der Waals surface area (Å²) < 4.78 is 5.46. The Labute approximate surface area is 121 Å². The molecule has 1 aliphatic heterocycles. The van der Waals surface area contributed by atoms with Gasteiger partial charge >= 0.3 is 0 Å². The summed E-state index contributed by atoms with van der Waals surface area (Å²) in [7, 11) is 0. The third kappa shape index (κ3) is 5.14. The lowest BCUT2D eigenvalue weighted by Gasteiger charge is -2.14. The second kappa shape index (κ2) is 7.42. The number of hydrazine groups is 1. The van der Waals surface area contributed by atoms with Crippen molar-refractivity contribution in [1.29, 1.82) is 0 Å². The zero-order chi connectivity index (χ0) is 13.5. The molecule has 0 spiro atoms. The molecular weight excluding hydrogens is 282 g/mol. The SMILES string of the molecule is O=C(Cc1cccs1)NNC(=S)NC[C@H]1CCCO1. The van der Waals surface area contributed by atoms with E-state index in [-0.39, 0.29) is 12.0 Å². The lowest BCUT2D eigenvalue weighted by molar-refractivity contribution is -0.120. The van der Waals surface area contributed by atoms with Gasteiger partial charge in [-0.1, -0.05) is 6.07 Å². The van der Waals surface area contributed by atoms with Crippen LogP contribution in [0.4, 0.5) is 0 Å². The number of hydrogen-bond donors (Lipinski definition) is 3. The summed E-state index contributed by atoms with van der Waals surface area (Å²) in [5.41, 5.74) is 5.26. The number of thiophene rings is 1. The standard InChI is InChI=1S/C12H17N3O2S2/c16-11(7-10-4-2-6-19-10)14-15-12(18)13-8-9-3-1-5-17-9/h2,4,6,9H,1,3,5,7-8H2,(H,14,16)(H2,13,15,18)/t9-/m1/s1. The summed E-state index contributed by atoms with van der Waals surface area (Å²) in [5, 5.41) is 5.38. The largest absolute Gasteiger partial charge is 0.376 e. The van der Waals surface area contributed by atoms with E-state index < -0.39 is 0 Å². The maximum atomic E-state index is 11.6. The molecule has 2 rings (SSSR count). The fourth-order valence-electron chi connectivity index (χ4n) is 1.80. The van der Waals surface area contributed by atoms with Crippen LogP contribution in [0, 0.1) is 0 Å². The maximum absolute atomic E-state index is 11.6. The summed E-state index contributed by atoms with van der Waals surface area (Å²) in [6, 6.07) is 3.85. The molecule has 1 amide bonds. The van der Waals surface area contributed by atoms with Crippen molar-refractivity contribution in [2.24, 2.45) is 0 Å². The Hall–Kier alpha value is -1.18. The number of nitrogens with one attached hydrogen (secondary N) is 3. The van der Waals surface area contributed by atoms with Crippen LogP contribution < -0.4 is 16.2 Å². The molecule has 0 bridgehead atoms. The van der Waals surface area contributed by atoms with Crippen LogP contribution in [0.2, 0.25) is 0 Å². The Morgan fingerprint density at radius 2 is 2.42 bits per heavy atom. The minimum atomic E-state index is -0.108. The molecule has 1 aromatic rings. The van der Waals surface area contributed by atoms with Crippen LogP contribution >= 0.6 is 23.6 Å². The lowest BCUT2D eigenvalue weighted by atomic mass is 10.2. The molecule has 104 valence electrons. The molecule has 7 heteroatoms. The smallest absolute Gasteiger partial charge is 0.243 e. The Kier molecular flexibility index (Phi) is 5.56. The van der Waals surface area contributed by atoms with Gasteiger partial charge in [-0.05, 0) is 36.5 Å². The first-order valence-corrected chi connectivity index (χ1v) is 7.49. The van der Waals surface area contributed by atoms with E-state index in [1.807, 2.05) is 17.5 Å². The predicted molar refractivity (Wildman–Crippen MR) is 78.9 cm³/mol. The molecule has 1 saturated heterocycles. The summed E-state index contributed by atoms with van der Waals surface area (Å²) in [5.74, 6) is -0.108. The molecule has 5 nitrogen and oxygen atoms in total. The van der Waals surface area contributed by atoms with Crippen molar-refractivity contribution in [2.45, 2.75) is 25.4 Å². The summed E-state index contributed by atoms with van der Waals surface area (Å²) in [6.07, 6.45) is 2.74. The Balaban J connectivity index is 1.58. The van der Waals surface area contributed by atoms with Crippen LogP contribution in [-0.4, -0.2) is 30.3 Å². The first-order valence-electron chi connectivity index (χ1n) is 6.20. The normalized spacial score (nSPS) is 18.0. The summed E-state index contributed by atoms with van der Waals surface area (Å²) in [6.45, 7) is 1.50. The second-order valence-electron chi connectivity index (χ2n) is 4.27. The minimum Gasteiger partial charge on any atom is -0.376 e. The zero-order valence-electron chi connectivity index (χ0n) is 10.5. The van der Waals surface area contributed by atoms with Crippen LogP contribution in [0.25, 0.3) is 0 Å². The van der Waals surface area contributed by atoms with Crippen molar-refractivity contribution in [3.8, 4) is 0 Å². The van der Waals surface area contributed by atoms with Gasteiger partial charge in [0.2, 0.25) is 5.91 Å². The highest BCUT2D eigenvalue weighted by molar-refractivity contribution is 7.80. The van der Waals surface area contributed by atoms with Gasteiger partial charge < -0.3 is 10.1 Å². The maximum Gasteiger partial charge on any atom is 0.243 e. The van der Waals surface area contributed by atoms with E-state index in [2.05, 4.69) is 16.2 Å². The zero-order valence-corrected chi connectivity index (χ0v) is 12.1.